The van der Waals surface area contributed by atoms with E-state index in [2.05, 4.69) is 25.8 Å². The molecule has 234 valence electrons. The Morgan fingerprint density at radius 3 is 1.98 bits per heavy atom. The number of benzene rings is 2. The topological polar surface area (TPSA) is 91.8 Å². The lowest BCUT2D eigenvalue weighted by molar-refractivity contribution is -0.0664. The van der Waals surface area contributed by atoms with Crippen LogP contribution in [-0.4, -0.2) is 49.5 Å². The number of alkyl halides is 2. The zero-order valence-corrected chi connectivity index (χ0v) is 27.7. The third-order valence-corrected chi connectivity index (χ3v) is 16.3. The molecule has 43 heavy (non-hydrogen) atoms. The lowest BCUT2D eigenvalue weighted by Crippen LogP contribution is -2.67. The van der Waals surface area contributed by atoms with Crippen molar-refractivity contribution in [3.05, 3.63) is 93.8 Å². The van der Waals surface area contributed by atoms with Gasteiger partial charge in [0.05, 0.1) is 31.8 Å². The first-order valence-electron chi connectivity index (χ1n) is 14.3. The van der Waals surface area contributed by atoms with E-state index in [4.69, 9.17) is 30.0 Å². The normalized spacial score (nSPS) is 19.9. The molecule has 1 aromatic heterocycles. The summed E-state index contributed by atoms with van der Waals surface area (Å²) < 4.78 is 58.4. The number of nitrogens with zero attached hydrogens (tertiary/aromatic N) is 1. The average molecular weight is 653 g/mol. The van der Waals surface area contributed by atoms with Gasteiger partial charge in [-0.3, -0.25) is 14.3 Å². The van der Waals surface area contributed by atoms with Crippen LogP contribution in [0.1, 0.15) is 47.3 Å². The molecule has 13 heteroatoms. The van der Waals surface area contributed by atoms with Crippen LogP contribution >= 0.6 is 6.49 Å². The van der Waals surface area contributed by atoms with Gasteiger partial charge in [0.1, 0.15) is 6.23 Å². The van der Waals surface area contributed by atoms with E-state index in [0.29, 0.717) is 0 Å². The summed E-state index contributed by atoms with van der Waals surface area (Å²) >= 11 is 5.41. The van der Waals surface area contributed by atoms with Crippen molar-refractivity contribution in [2.45, 2.75) is 64.1 Å². The number of rotatable bonds is 12. The fourth-order valence-electron chi connectivity index (χ4n) is 5.80. The van der Waals surface area contributed by atoms with Crippen LogP contribution in [0.25, 0.3) is 0 Å². The monoisotopic (exact) mass is 652 g/mol. The quantitative estimate of drug-likeness (QED) is 0.218. The van der Waals surface area contributed by atoms with Gasteiger partial charge in [-0.1, -0.05) is 81.4 Å². The Morgan fingerprint density at radius 1 is 0.977 bits per heavy atom. The average Bonchev–Trinajstić information content (AvgIpc) is 3.39. The molecule has 0 spiro atoms. The minimum absolute atomic E-state index is 0.0491. The number of nitrogens with one attached hydrogen (secondary N) is 1. The van der Waals surface area contributed by atoms with Crippen LogP contribution in [0.2, 0.25) is 5.04 Å². The number of aromatic amines is 1. The van der Waals surface area contributed by atoms with Crippen LogP contribution in [0.4, 0.5) is 8.78 Å². The van der Waals surface area contributed by atoms with E-state index in [1.165, 1.54) is 6.20 Å². The van der Waals surface area contributed by atoms with Gasteiger partial charge in [0, 0.05) is 18.7 Å². The molecule has 1 fully saturated rings. The Kier molecular flexibility index (Phi) is 10.4. The Balaban J connectivity index is 1.81. The molecular weight excluding hydrogens is 613 g/mol. The van der Waals surface area contributed by atoms with Crippen LogP contribution in [-0.2, 0) is 30.0 Å². The number of aromatic nitrogens is 2. The summed E-state index contributed by atoms with van der Waals surface area (Å²) in [5.74, 6) is -1.50. The largest absolute Gasteiger partial charge is 0.405 e. The summed E-state index contributed by atoms with van der Waals surface area (Å²) in [6.45, 7) is 5.03. The molecule has 0 radical (unpaired) electrons. The molecule has 1 saturated heterocycles. The minimum Gasteiger partial charge on any atom is -0.405 e. The Bertz CT molecular complexity index is 1480. The summed E-state index contributed by atoms with van der Waals surface area (Å²) in [4.78, 5) is 26.5. The molecule has 2 heterocycles. The van der Waals surface area contributed by atoms with Crippen molar-refractivity contribution in [3.63, 3.8) is 0 Å². The fraction of sp³-hybridized carbons (Fsp3) is 0.467. The molecule has 1 aliphatic heterocycles. The third-order valence-electron chi connectivity index (χ3n) is 7.69. The molecule has 0 bridgehead atoms. The lowest BCUT2D eigenvalue weighted by atomic mass is 10.0. The van der Waals surface area contributed by atoms with Crippen LogP contribution < -0.4 is 21.6 Å². The zero-order valence-electron chi connectivity index (χ0n) is 25.0. The first kappa shape index (κ1) is 33.6. The molecular formula is C30H39F2N2O6PSSi. The molecule has 3 atom stereocenters. The molecule has 2 aromatic carbocycles. The summed E-state index contributed by atoms with van der Waals surface area (Å²) in [5, 5.41) is 1.56. The van der Waals surface area contributed by atoms with E-state index < -0.39 is 55.0 Å². The van der Waals surface area contributed by atoms with Crippen molar-refractivity contribution in [3.8, 4) is 0 Å². The Hall–Kier alpha value is -2.31. The van der Waals surface area contributed by atoms with Crippen LogP contribution in [0, 0.1) is 5.92 Å². The molecule has 1 N–H and O–H groups in total. The number of ether oxygens (including phenoxy) is 1. The highest BCUT2D eigenvalue weighted by atomic mass is 32.5. The van der Waals surface area contributed by atoms with Gasteiger partial charge in [-0.25, -0.2) is 4.79 Å². The number of halogens is 2. The van der Waals surface area contributed by atoms with Crippen LogP contribution in [0.3, 0.4) is 0 Å². The molecule has 0 aliphatic carbocycles. The van der Waals surface area contributed by atoms with Gasteiger partial charge in [0.2, 0.25) is 0 Å². The lowest BCUT2D eigenvalue weighted by Gasteiger charge is -2.44. The molecule has 0 unspecified atom stereocenters. The van der Waals surface area contributed by atoms with E-state index in [-0.39, 0.29) is 26.2 Å². The maximum Gasteiger partial charge on any atom is 0.330 e. The van der Waals surface area contributed by atoms with E-state index in [1.54, 1.807) is 13.8 Å². The van der Waals surface area contributed by atoms with Crippen molar-refractivity contribution >= 4 is 37.0 Å². The standard InChI is InChI=1S/C30H39F2N2O6PSSi/c1-6-37-41(42,38-7-2)30(31,32)24-20-27(34-19-18-26(35)33-28(34)36)40-25(24)21-39-43(29(3,4)5,22-14-10-8-11-15-22)23-16-12-9-13-17-23/h8-19,24-25,27H,6-7,20-21H2,1-5H3,(H,33,35,36)/t24-,25+,27+/m0/s1. The van der Waals surface area contributed by atoms with Crippen LogP contribution in [0.15, 0.2) is 82.5 Å². The summed E-state index contributed by atoms with van der Waals surface area (Å²) in [6.07, 6.45) is -1.30. The maximum absolute atomic E-state index is 16.6. The fourth-order valence-corrected chi connectivity index (χ4v) is 13.2. The SMILES string of the molecule is CCOP(=S)(OCC)C(F)(F)[C@H]1C[C@H](n2ccc(=O)[nH]c2=O)O[C@@H]1CO[Si](c1ccccc1)(c1ccccc1)C(C)(C)C. The Morgan fingerprint density at radius 2 is 1.51 bits per heavy atom. The van der Waals surface area contributed by atoms with Crippen molar-refractivity contribution in [2.24, 2.45) is 5.92 Å². The van der Waals surface area contributed by atoms with Crippen molar-refractivity contribution in [1.29, 1.82) is 0 Å². The number of hydrogen-bond donors (Lipinski definition) is 1. The molecule has 3 aromatic rings. The van der Waals surface area contributed by atoms with Gasteiger partial charge in [-0.05, 0) is 41.1 Å². The van der Waals surface area contributed by atoms with E-state index in [9.17, 15) is 9.59 Å². The Labute approximate surface area is 256 Å². The van der Waals surface area contributed by atoms with E-state index in [1.807, 2.05) is 60.7 Å². The first-order valence-corrected chi connectivity index (χ1v) is 18.8. The first-order chi connectivity index (χ1) is 20.3. The van der Waals surface area contributed by atoms with Gasteiger partial charge in [-0.15, -0.1) is 0 Å². The second-order valence-corrected chi connectivity index (χ2v) is 19.2. The van der Waals surface area contributed by atoms with Crippen molar-refractivity contribution in [2.75, 3.05) is 19.8 Å². The van der Waals surface area contributed by atoms with Crippen molar-refractivity contribution < 1.29 is 27.0 Å². The van der Waals surface area contributed by atoms with Gasteiger partial charge < -0.3 is 18.2 Å². The minimum atomic E-state index is -4.13. The van der Waals surface area contributed by atoms with Gasteiger partial charge in [0.15, 0.2) is 0 Å². The maximum atomic E-state index is 16.6. The van der Waals surface area contributed by atoms with Crippen molar-refractivity contribution in [1.82, 2.24) is 9.55 Å². The van der Waals surface area contributed by atoms with E-state index >= 15 is 8.78 Å². The smallest absolute Gasteiger partial charge is 0.330 e. The highest BCUT2D eigenvalue weighted by molar-refractivity contribution is 8.10. The summed E-state index contributed by atoms with van der Waals surface area (Å²) in [7, 11) is -3.12. The number of H-pyrrole nitrogens is 1. The highest BCUT2D eigenvalue weighted by Gasteiger charge is 2.61. The molecule has 8 nitrogen and oxygen atoms in total. The summed E-state index contributed by atoms with van der Waals surface area (Å²) in [5.41, 5.74) is -4.98. The van der Waals surface area contributed by atoms with Crippen LogP contribution in [0.5, 0.6) is 0 Å². The third kappa shape index (κ3) is 6.56. The highest BCUT2D eigenvalue weighted by Crippen LogP contribution is 2.67. The second kappa shape index (κ2) is 13.4. The molecule has 0 saturated carbocycles. The van der Waals surface area contributed by atoms with Gasteiger partial charge >= 0.3 is 11.4 Å². The molecule has 4 rings (SSSR count). The second-order valence-electron chi connectivity index (χ2n) is 11.4. The van der Waals surface area contributed by atoms with Gasteiger partial charge in [0.25, 0.3) is 20.4 Å². The molecule has 0 amide bonds. The zero-order chi connectivity index (χ0) is 31.5. The van der Waals surface area contributed by atoms with E-state index in [0.717, 1.165) is 21.0 Å². The molecule has 1 aliphatic rings. The predicted octanol–water partition coefficient (Wildman–Crippen LogP) is 4.99. The number of hydrogen-bond acceptors (Lipinski definition) is 7. The predicted molar refractivity (Wildman–Crippen MR) is 169 cm³/mol. The summed E-state index contributed by atoms with van der Waals surface area (Å²) in [6, 6.07) is 20.8. The van der Waals surface area contributed by atoms with Gasteiger partial charge in [-0.2, -0.15) is 8.78 Å².